The van der Waals surface area contributed by atoms with Crippen molar-refractivity contribution in [1.82, 2.24) is 20.0 Å². The molecule has 122 valence electrons. The summed E-state index contributed by atoms with van der Waals surface area (Å²) in [6, 6.07) is 2.36. The number of nitriles is 1. The minimum Gasteiger partial charge on any atom is -0.342 e. The normalized spacial score (nSPS) is 26.7. The number of nitrogens with zero attached hydrogens (tertiary/aromatic N) is 4. The third-order valence-corrected chi connectivity index (χ3v) is 4.61. The molecule has 22 heavy (non-hydrogen) atoms. The second-order valence-electron chi connectivity index (χ2n) is 6.22. The Balaban J connectivity index is 1.80. The smallest absolute Gasteiger partial charge is 0.235 e. The highest BCUT2D eigenvalue weighted by Crippen LogP contribution is 2.22. The number of amides is 2. The SMILES string of the molecule is CC(=O)N1CCN(C2CN(CC(=O)NCC#N)CC2C)CC1. The average molecular weight is 307 g/mol. The molecule has 0 aromatic carbocycles. The molecule has 0 radical (unpaired) electrons. The highest BCUT2D eigenvalue weighted by molar-refractivity contribution is 5.78. The predicted octanol–water partition coefficient (Wildman–Crippen LogP) is -0.889. The lowest BCUT2D eigenvalue weighted by Crippen LogP contribution is -2.53. The van der Waals surface area contributed by atoms with Crippen LogP contribution in [0.1, 0.15) is 13.8 Å². The van der Waals surface area contributed by atoms with Crippen molar-refractivity contribution in [3.63, 3.8) is 0 Å². The molecule has 1 N–H and O–H groups in total. The summed E-state index contributed by atoms with van der Waals surface area (Å²) in [5.41, 5.74) is 0. The van der Waals surface area contributed by atoms with Gasteiger partial charge in [0.25, 0.3) is 0 Å². The van der Waals surface area contributed by atoms with Crippen LogP contribution in [-0.2, 0) is 9.59 Å². The van der Waals surface area contributed by atoms with Crippen molar-refractivity contribution in [2.45, 2.75) is 19.9 Å². The average Bonchev–Trinajstić information content (AvgIpc) is 2.85. The number of carbonyl (C=O) groups is 2. The van der Waals surface area contributed by atoms with Gasteiger partial charge in [0.05, 0.1) is 12.6 Å². The van der Waals surface area contributed by atoms with Crippen LogP contribution in [0, 0.1) is 17.2 Å². The monoisotopic (exact) mass is 307 g/mol. The number of hydrogen-bond acceptors (Lipinski definition) is 5. The van der Waals surface area contributed by atoms with Crippen LogP contribution >= 0.6 is 0 Å². The molecule has 0 saturated carbocycles. The summed E-state index contributed by atoms with van der Waals surface area (Å²) < 4.78 is 0. The van der Waals surface area contributed by atoms with Crippen LogP contribution in [0.4, 0.5) is 0 Å². The van der Waals surface area contributed by atoms with E-state index in [4.69, 9.17) is 5.26 Å². The molecule has 0 aromatic heterocycles. The maximum atomic E-state index is 11.7. The zero-order valence-electron chi connectivity index (χ0n) is 13.4. The number of likely N-dealkylation sites (tertiary alicyclic amines) is 1. The zero-order valence-corrected chi connectivity index (χ0v) is 13.4. The van der Waals surface area contributed by atoms with Crippen LogP contribution in [0.5, 0.6) is 0 Å². The third kappa shape index (κ3) is 4.18. The van der Waals surface area contributed by atoms with Gasteiger partial charge in [-0.3, -0.25) is 19.4 Å². The fourth-order valence-electron chi connectivity index (χ4n) is 3.42. The molecular weight excluding hydrogens is 282 g/mol. The third-order valence-electron chi connectivity index (χ3n) is 4.61. The Morgan fingerprint density at radius 3 is 2.50 bits per heavy atom. The first-order valence-corrected chi connectivity index (χ1v) is 7.87. The Hall–Kier alpha value is -1.65. The summed E-state index contributed by atoms with van der Waals surface area (Å²) in [7, 11) is 0. The Morgan fingerprint density at radius 2 is 1.91 bits per heavy atom. The van der Waals surface area contributed by atoms with E-state index in [1.54, 1.807) is 6.92 Å². The Labute approximate surface area is 131 Å². The molecule has 2 aliphatic rings. The first-order valence-electron chi connectivity index (χ1n) is 7.87. The molecule has 7 nitrogen and oxygen atoms in total. The molecule has 2 unspecified atom stereocenters. The maximum Gasteiger partial charge on any atom is 0.235 e. The van der Waals surface area contributed by atoms with Crippen molar-refractivity contribution in [1.29, 1.82) is 5.26 Å². The molecule has 2 fully saturated rings. The van der Waals surface area contributed by atoms with E-state index in [-0.39, 0.29) is 18.4 Å². The van der Waals surface area contributed by atoms with Crippen LogP contribution in [0.25, 0.3) is 0 Å². The van der Waals surface area contributed by atoms with E-state index in [9.17, 15) is 9.59 Å². The quantitative estimate of drug-likeness (QED) is 0.682. The molecule has 0 bridgehead atoms. The van der Waals surface area contributed by atoms with Crippen molar-refractivity contribution in [2.24, 2.45) is 5.92 Å². The van der Waals surface area contributed by atoms with Crippen LogP contribution < -0.4 is 5.32 Å². The van der Waals surface area contributed by atoms with Crippen molar-refractivity contribution < 1.29 is 9.59 Å². The lowest BCUT2D eigenvalue weighted by Gasteiger charge is -2.39. The van der Waals surface area contributed by atoms with E-state index < -0.39 is 0 Å². The lowest BCUT2D eigenvalue weighted by atomic mass is 10.0. The highest BCUT2D eigenvalue weighted by Gasteiger charge is 2.35. The molecule has 2 amide bonds. The van der Waals surface area contributed by atoms with E-state index in [0.29, 0.717) is 18.5 Å². The highest BCUT2D eigenvalue weighted by atomic mass is 16.2. The lowest BCUT2D eigenvalue weighted by molar-refractivity contribution is -0.131. The molecule has 0 aromatic rings. The zero-order chi connectivity index (χ0) is 16.1. The van der Waals surface area contributed by atoms with Gasteiger partial charge in [0.15, 0.2) is 0 Å². The van der Waals surface area contributed by atoms with Crippen molar-refractivity contribution in [3.8, 4) is 6.07 Å². The topological polar surface area (TPSA) is 79.7 Å². The van der Waals surface area contributed by atoms with Crippen molar-refractivity contribution in [3.05, 3.63) is 0 Å². The molecule has 2 saturated heterocycles. The van der Waals surface area contributed by atoms with Crippen LogP contribution in [0.15, 0.2) is 0 Å². The second kappa shape index (κ2) is 7.56. The van der Waals surface area contributed by atoms with Crippen LogP contribution in [-0.4, -0.2) is 84.9 Å². The number of piperazine rings is 1. The first-order chi connectivity index (χ1) is 10.5. The van der Waals surface area contributed by atoms with Gasteiger partial charge in [0.2, 0.25) is 11.8 Å². The van der Waals surface area contributed by atoms with E-state index in [1.165, 1.54) is 0 Å². The van der Waals surface area contributed by atoms with Crippen LogP contribution in [0.2, 0.25) is 0 Å². The minimum absolute atomic E-state index is 0.0681. The summed E-state index contributed by atoms with van der Waals surface area (Å²) in [6.45, 7) is 9.44. The number of carbonyl (C=O) groups excluding carboxylic acids is 2. The molecule has 0 aliphatic carbocycles. The standard InChI is InChI=1S/C15H25N5O2/c1-12-9-18(11-15(22)17-4-3-16)10-14(12)20-7-5-19(6-8-20)13(2)21/h12,14H,4-11H2,1-2H3,(H,17,22). The Bertz CT molecular complexity index is 453. The van der Waals surface area contributed by atoms with Crippen LogP contribution in [0.3, 0.4) is 0 Å². The fourth-order valence-corrected chi connectivity index (χ4v) is 3.42. The van der Waals surface area contributed by atoms with Gasteiger partial charge in [0.1, 0.15) is 6.54 Å². The van der Waals surface area contributed by atoms with Crippen molar-refractivity contribution >= 4 is 11.8 Å². The molecular formula is C15H25N5O2. The first kappa shape index (κ1) is 16.7. The maximum absolute atomic E-state index is 11.7. The summed E-state index contributed by atoms with van der Waals surface area (Å²) >= 11 is 0. The van der Waals surface area contributed by atoms with Gasteiger partial charge in [-0.15, -0.1) is 0 Å². The summed E-state index contributed by atoms with van der Waals surface area (Å²) in [5.74, 6) is 0.568. The number of hydrogen-bond donors (Lipinski definition) is 1. The molecule has 0 spiro atoms. The van der Waals surface area contributed by atoms with Gasteiger partial charge in [-0.05, 0) is 5.92 Å². The molecule has 2 rings (SSSR count). The van der Waals surface area contributed by atoms with E-state index in [2.05, 4.69) is 22.0 Å². The van der Waals surface area contributed by atoms with E-state index in [0.717, 1.165) is 39.3 Å². The van der Waals surface area contributed by atoms with Gasteiger partial charge >= 0.3 is 0 Å². The summed E-state index contributed by atoms with van der Waals surface area (Å²) in [6.07, 6.45) is 0. The summed E-state index contributed by atoms with van der Waals surface area (Å²) in [5, 5.41) is 11.1. The van der Waals surface area contributed by atoms with Gasteiger partial charge < -0.3 is 10.2 Å². The van der Waals surface area contributed by atoms with E-state index >= 15 is 0 Å². The molecule has 2 heterocycles. The van der Waals surface area contributed by atoms with Gasteiger partial charge in [-0.1, -0.05) is 6.92 Å². The Morgan fingerprint density at radius 1 is 1.23 bits per heavy atom. The number of rotatable bonds is 4. The Kier molecular flexibility index (Phi) is 5.75. The van der Waals surface area contributed by atoms with Gasteiger partial charge in [-0.25, -0.2) is 0 Å². The number of nitrogens with one attached hydrogen (secondary N) is 1. The van der Waals surface area contributed by atoms with Gasteiger partial charge in [0, 0.05) is 52.2 Å². The van der Waals surface area contributed by atoms with Crippen molar-refractivity contribution in [2.75, 3.05) is 52.4 Å². The molecule has 7 heteroatoms. The minimum atomic E-state index is -0.0872. The summed E-state index contributed by atoms with van der Waals surface area (Å²) in [4.78, 5) is 29.6. The largest absolute Gasteiger partial charge is 0.342 e. The molecule has 2 atom stereocenters. The second-order valence-corrected chi connectivity index (χ2v) is 6.22. The van der Waals surface area contributed by atoms with Gasteiger partial charge in [-0.2, -0.15) is 5.26 Å². The molecule has 2 aliphatic heterocycles. The van der Waals surface area contributed by atoms with E-state index in [1.807, 2.05) is 11.0 Å². The fraction of sp³-hybridized carbons (Fsp3) is 0.800. The predicted molar refractivity (Wildman–Crippen MR) is 81.8 cm³/mol.